The first-order valence-electron chi connectivity index (χ1n) is 11.7. The fourth-order valence-corrected chi connectivity index (χ4v) is 3.28. The van der Waals surface area contributed by atoms with Gasteiger partial charge in [0.2, 0.25) is 23.6 Å². The second-order valence-corrected chi connectivity index (χ2v) is 8.66. The number of aliphatic carboxylic acids is 2. The summed E-state index contributed by atoms with van der Waals surface area (Å²) >= 11 is 0. The molecule has 0 aromatic carbocycles. The lowest BCUT2D eigenvalue weighted by molar-refractivity contribution is -0.143. The maximum absolute atomic E-state index is 13.1. The average Bonchev–Trinajstić information content (AvgIpc) is 3.34. The third-order valence-corrected chi connectivity index (χ3v) is 5.71. The zero-order valence-electron chi connectivity index (χ0n) is 20.7. The monoisotopic (exact) mass is 525 g/mol. The molecule has 0 aliphatic heterocycles. The molecule has 15 nitrogen and oxygen atoms in total. The van der Waals surface area contributed by atoms with Crippen molar-refractivity contribution < 1.29 is 39.0 Å². The van der Waals surface area contributed by atoms with E-state index in [1.165, 1.54) is 12.5 Å². The number of nitrogens with one attached hydrogen (secondary N) is 4. The summed E-state index contributed by atoms with van der Waals surface area (Å²) in [5.41, 5.74) is 11.2. The van der Waals surface area contributed by atoms with E-state index in [9.17, 15) is 33.9 Å². The Kier molecular flexibility index (Phi) is 12.7. The van der Waals surface area contributed by atoms with Gasteiger partial charge < -0.3 is 42.6 Å². The number of carboxylic acids is 2. The molecule has 1 aromatic rings. The lowest BCUT2D eigenvalue weighted by atomic mass is 9.98. The van der Waals surface area contributed by atoms with Crippen LogP contribution in [0.25, 0.3) is 0 Å². The minimum absolute atomic E-state index is 0.0918. The Morgan fingerprint density at radius 2 is 1.59 bits per heavy atom. The molecule has 0 spiro atoms. The van der Waals surface area contributed by atoms with Crippen LogP contribution in [-0.2, 0) is 35.2 Å². The number of nitrogens with two attached hydrogens (primary N) is 2. The van der Waals surface area contributed by atoms with Gasteiger partial charge in [-0.3, -0.25) is 24.0 Å². The number of nitrogens with zero attached hydrogens (tertiary/aromatic N) is 1. The molecule has 5 atom stereocenters. The number of amides is 4. The molecule has 0 bridgehead atoms. The lowest BCUT2D eigenvalue weighted by Gasteiger charge is -2.26. The SMILES string of the molecule is CCC(C)C(NC(=O)C(Cc1cnc[nH]1)NC(=O)C(CCC(=O)O)NC(=O)C(N)CCC(N)=O)C(=O)O. The van der Waals surface area contributed by atoms with Crippen molar-refractivity contribution in [3.8, 4) is 0 Å². The number of hydrogen-bond donors (Lipinski definition) is 8. The minimum atomic E-state index is -1.38. The zero-order chi connectivity index (χ0) is 28.1. The maximum atomic E-state index is 13.1. The molecule has 10 N–H and O–H groups in total. The van der Waals surface area contributed by atoms with Crippen molar-refractivity contribution in [2.75, 3.05) is 0 Å². The van der Waals surface area contributed by atoms with Gasteiger partial charge in [-0.05, 0) is 18.8 Å². The number of H-pyrrole nitrogens is 1. The number of rotatable bonds is 17. The lowest BCUT2D eigenvalue weighted by Crippen LogP contribution is -2.58. The van der Waals surface area contributed by atoms with Crippen LogP contribution in [0.4, 0.5) is 0 Å². The number of carbonyl (C=O) groups is 6. The van der Waals surface area contributed by atoms with E-state index in [0.29, 0.717) is 12.1 Å². The molecule has 1 aromatic heterocycles. The van der Waals surface area contributed by atoms with Gasteiger partial charge in [0, 0.05) is 31.2 Å². The van der Waals surface area contributed by atoms with Crippen molar-refractivity contribution in [3.05, 3.63) is 18.2 Å². The summed E-state index contributed by atoms with van der Waals surface area (Å²) in [6.07, 6.45) is 2.07. The number of carboxylic acid groups (broad SMARTS) is 2. The number of imidazole rings is 1. The van der Waals surface area contributed by atoms with E-state index in [1.54, 1.807) is 13.8 Å². The van der Waals surface area contributed by atoms with E-state index in [4.69, 9.17) is 16.6 Å². The second-order valence-electron chi connectivity index (χ2n) is 8.66. The van der Waals surface area contributed by atoms with Gasteiger partial charge in [-0.25, -0.2) is 9.78 Å². The normalized spacial score (nSPS) is 14.9. The van der Waals surface area contributed by atoms with Crippen LogP contribution in [0.3, 0.4) is 0 Å². The van der Waals surface area contributed by atoms with Crippen LogP contribution in [0.15, 0.2) is 12.5 Å². The molecule has 1 heterocycles. The summed E-state index contributed by atoms with van der Waals surface area (Å²) in [6.45, 7) is 3.42. The number of carbonyl (C=O) groups excluding carboxylic acids is 4. The van der Waals surface area contributed by atoms with E-state index < -0.39 is 72.1 Å². The van der Waals surface area contributed by atoms with Crippen molar-refractivity contribution >= 4 is 35.6 Å². The molecular formula is C22H35N7O8. The predicted octanol–water partition coefficient (Wildman–Crippen LogP) is -2.01. The largest absolute Gasteiger partial charge is 0.481 e. The van der Waals surface area contributed by atoms with Crippen LogP contribution in [0.1, 0.15) is 51.6 Å². The Hall–Kier alpha value is -4.01. The molecule has 0 saturated carbocycles. The van der Waals surface area contributed by atoms with Crippen LogP contribution in [0, 0.1) is 5.92 Å². The molecule has 4 amide bonds. The quantitative estimate of drug-likeness (QED) is 0.111. The molecule has 206 valence electrons. The number of primary amides is 1. The summed E-state index contributed by atoms with van der Waals surface area (Å²) < 4.78 is 0. The molecule has 1 rings (SSSR count). The highest BCUT2D eigenvalue weighted by atomic mass is 16.4. The van der Waals surface area contributed by atoms with Gasteiger partial charge in [0.25, 0.3) is 0 Å². The zero-order valence-corrected chi connectivity index (χ0v) is 20.7. The van der Waals surface area contributed by atoms with Crippen molar-refractivity contribution in [2.24, 2.45) is 17.4 Å². The summed E-state index contributed by atoms with van der Waals surface area (Å²) in [4.78, 5) is 78.9. The standard InChI is InChI=1S/C22H35N7O8/c1-3-11(2)18(22(36)37)29-21(35)15(8-12-9-25-10-26-12)28-20(34)14(5-7-17(31)32)27-19(33)13(23)4-6-16(24)30/h9-11,13-15,18H,3-8,23H2,1-2H3,(H2,24,30)(H,25,26)(H,27,33)(H,28,34)(H,29,35)(H,31,32)(H,36,37). The van der Waals surface area contributed by atoms with Crippen molar-refractivity contribution in [2.45, 2.75) is 76.5 Å². The molecule has 0 aliphatic rings. The summed E-state index contributed by atoms with van der Waals surface area (Å²) in [5, 5.41) is 25.8. The summed E-state index contributed by atoms with van der Waals surface area (Å²) in [7, 11) is 0. The Labute approximate surface area is 213 Å². The fraction of sp³-hybridized carbons (Fsp3) is 0.591. The first kappa shape index (κ1) is 31.0. The van der Waals surface area contributed by atoms with E-state index >= 15 is 0 Å². The summed E-state index contributed by atoms with van der Waals surface area (Å²) in [5.74, 6) is -6.05. The Balaban J connectivity index is 3.09. The predicted molar refractivity (Wildman–Crippen MR) is 128 cm³/mol. The smallest absolute Gasteiger partial charge is 0.326 e. The van der Waals surface area contributed by atoms with Gasteiger partial charge in [0.05, 0.1) is 12.4 Å². The number of aromatic amines is 1. The molecule has 0 aliphatic carbocycles. The highest BCUT2D eigenvalue weighted by Gasteiger charge is 2.32. The molecule has 0 radical (unpaired) electrons. The third-order valence-electron chi connectivity index (χ3n) is 5.71. The van der Waals surface area contributed by atoms with E-state index in [-0.39, 0.29) is 25.7 Å². The van der Waals surface area contributed by atoms with Gasteiger partial charge in [-0.1, -0.05) is 20.3 Å². The van der Waals surface area contributed by atoms with Crippen LogP contribution in [-0.4, -0.2) is 79.9 Å². The second kappa shape index (κ2) is 15.2. The van der Waals surface area contributed by atoms with E-state index in [2.05, 4.69) is 25.9 Å². The highest BCUT2D eigenvalue weighted by molar-refractivity contribution is 5.94. The summed E-state index contributed by atoms with van der Waals surface area (Å²) in [6, 6.07) is -5.08. The third kappa shape index (κ3) is 11.1. The number of aromatic nitrogens is 2. The van der Waals surface area contributed by atoms with Crippen molar-refractivity contribution in [3.63, 3.8) is 0 Å². The molecule has 5 unspecified atom stereocenters. The Morgan fingerprint density at radius 3 is 2.11 bits per heavy atom. The maximum Gasteiger partial charge on any atom is 0.326 e. The highest BCUT2D eigenvalue weighted by Crippen LogP contribution is 2.10. The van der Waals surface area contributed by atoms with Crippen LogP contribution < -0.4 is 27.4 Å². The molecule has 37 heavy (non-hydrogen) atoms. The van der Waals surface area contributed by atoms with Crippen LogP contribution >= 0.6 is 0 Å². The molecular weight excluding hydrogens is 490 g/mol. The van der Waals surface area contributed by atoms with E-state index in [1.807, 2.05) is 0 Å². The van der Waals surface area contributed by atoms with Gasteiger partial charge in [-0.2, -0.15) is 0 Å². The molecule has 15 heteroatoms. The van der Waals surface area contributed by atoms with Gasteiger partial charge >= 0.3 is 11.9 Å². The molecule has 0 fully saturated rings. The van der Waals surface area contributed by atoms with Crippen molar-refractivity contribution in [1.29, 1.82) is 0 Å². The minimum Gasteiger partial charge on any atom is -0.481 e. The first-order chi connectivity index (χ1) is 17.3. The topological polar surface area (TPSA) is 260 Å². The van der Waals surface area contributed by atoms with Gasteiger partial charge in [0.1, 0.15) is 18.1 Å². The molecule has 0 saturated heterocycles. The van der Waals surface area contributed by atoms with Crippen LogP contribution in [0.2, 0.25) is 0 Å². The average molecular weight is 526 g/mol. The fourth-order valence-electron chi connectivity index (χ4n) is 3.28. The van der Waals surface area contributed by atoms with Gasteiger partial charge in [0.15, 0.2) is 0 Å². The van der Waals surface area contributed by atoms with E-state index in [0.717, 1.165) is 0 Å². The van der Waals surface area contributed by atoms with Crippen LogP contribution in [0.5, 0.6) is 0 Å². The van der Waals surface area contributed by atoms with Gasteiger partial charge in [-0.15, -0.1) is 0 Å². The Bertz CT molecular complexity index is 953. The Morgan fingerprint density at radius 1 is 0.973 bits per heavy atom. The van der Waals surface area contributed by atoms with Crippen molar-refractivity contribution in [1.82, 2.24) is 25.9 Å². The number of hydrogen-bond acceptors (Lipinski definition) is 8. The first-order valence-corrected chi connectivity index (χ1v) is 11.7.